The van der Waals surface area contributed by atoms with E-state index in [1.807, 2.05) is 24.3 Å². The fraction of sp³-hybridized carbons (Fsp3) is 0.500. The summed E-state index contributed by atoms with van der Waals surface area (Å²) in [7, 11) is -0.881. The van der Waals surface area contributed by atoms with Crippen LogP contribution in [0.15, 0.2) is 33.6 Å². The molecule has 0 bridgehead atoms. The van der Waals surface area contributed by atoms with Gasteiger partial charge in [0.15, 0.2) is 0 Å². The molecule has 1 aliphatic rings. The molecule has 0 spiro atoms. The summed E-state index contributed by atoms with van der Waals surface area (Å²) in [6, 6.07) is 8.10. The van der Waals surface area contributed by atoms with E-state index in [1.165, 1.54) is 0 Å². The van der Waals surface area contributed by atoms with E-state index in [1.54, 1.807) is 0 Å². The first-order chi connectivity index (χ1) is 7.66. The maximum absolute atomic E-state index is 12.3. The minimum absolute atomic E-state index is 0.286. The Balaban J connectivity index is 2.08. The van der Waals surface area contributed by atoms with Crippen LogP contribution < -0.4 is 5.73 Å². The molecular weight excluding hydrogens is 286 g/mol. The quantitative estimate of drug-likeness (QED) is 0.913. The summed E-state index contributed by atoms with van der Waals surface area (Å²) in [5.41, 5.74) is 5.85. The van der Waals surface area contributed by atoms with Crippen molar-refractivity contribution in [3.63, 3.8) is 0 Å². The Bertz CT molecular complexity index is 388. The summed E-state index contributed by atoms with van der Waals surface area (Å²) >= 11 is 3.41. The molecule has 0 amide bonds. The molecule has 1 fully saturated rings. The van der Waals surface area contributed by atoms with Crippen LogP contribution in [0.4, 0.5) is 0 Å². The van der Waals surface area contributed by atoms with Crippen LogP contribution in [0.1, 0.15) is 25.7 Å². The molecule has 1 atom stereocenters. The van der Waals surface area contributed by atoms with E-state index < -0.39 is 10.8 Å². The molecule has 1 aromatic rings. The van der Waals surface area contributed by atoms with Crippen LogP contribution in [0, 0.1) is 0 Å². The molecule has 0 saturated heterocycles. The fourth-order valence-corrected chi connectivity index (χ4v) is 4.18. The van der Waals surface area contributed by atoms with E-state index in [-0.39, 0.29) is 5.25 Å². The van der Waals surface area contributed by atoms with Crippen LogP contribution in [-0.4, -0.2) is 15.5 Å². The summed E-state index contributed by atoms with van der Waals surface area (Å²) in [4.78, 5) is 0.926. The van der Waals surface area contributed by atoms with E-state index >= 15 is 0 Å². The second-order valence-corrected chi connectivity index (χ2v) is 6.94. The number of rotatable bonds is 2. The van der Waals surface area contributed by atoms with E-state index in [0.29, 0.717) is 6.04 Å². The van der Waals surface area contributed by atoms with Crippen molar-refractivity contribution in [1.29, 1.82) is 0 Å². The van der Waals surface area contributed by atoms with Crippen molar-refractivity contribution in [3.05, 3.63) is 28.7 Å². The second-order valence-electron chi connectivity index (χ2n) is 4.29. The largest absolute Gasteiger partial charge is 0.328 e. The summed E-state index contributed by atoms with van der Waals surface area (Å²) < 4.78 is 13.3. The van der Waals surface area contributed by atoms with Crippen molar-refractivity contribution < 1.29 is 4.21 Å². The highest BCUT2D eigenvalue weighted by molar-refractivity contribution is 9.10. The number of hydrogen-bond acceptors (Lipinski definition) is 2. The van der Waals surface area contributed by atoms with Gasteiger partial charge in [-0.05, 0) is 43.9 Å². The average molecular weight is 302 g/mol. The lowest BCUT2D eigenvalue weighted by molar-refractivity contribution is 0.444. The molecule has 0 aromatic heterocycles. The van der Waals surface area contributed by atoms with E-state index in [9.17, 15) is 4.21 Å². The molecule has 1 unspecified atom stereocenters. The van der Waals surface area contributed by atoms with Crippen LogP contribution >= 0.6 is 15.9 Å². The summed E-state index contributed by atoms with van der Waals surface area (Å²) in [5.74, 6) is 0. The Hall–Kier alpha value is -0.190. The third kappa shape index (κ3) is 2.93. The molecule has 4 heteroatoms. The summed E-state index contributed by atoms with van der Waals surface area (Å²) in [6.07, 6.45) is 3.98. The first-order valence-electron chi connectivity index (χ1n) is 5.58. The molecule has 0 radical (unpaired) electrons. The molecule has 88 valence electrons. The zero-order valence-corrected chi connectivity index (χ0v) is 11.5. The monoisotopic (exact) mass is 301 g/mol. The first-order valence-corrected chi connectivity index (χ1v) is 7.59. The van der Waals surface area contributed by atoms with Gasteiger partial charge in [0.25, 0.3) is 0 Å². The van der Waals surface area contributed by atoms with Gasteiger partial charge in [0.2, 0.25) is 0 Å². The molecule has 1 aromatic carbocycles. The molecule has 2 rings (SSSR count). The fourth-order valence-electron chi connectivity index (χ4n) is 2.09. The predicted octanol–water partition coefficient (Wildman–Crippen LogP) is 2.83. The zero-order valence-electron chi connectivity index (χ0n) is 9.06. The number of hydrogen-bond donors (Lipinski definition) is 1. The van der Waals surface area contributed by atoms with Gasteiger partial charge in [0.05, 0.1) is 10.8 Å². The lowest BCUT2D eigenvalue weighted by atomic mass is 9.96. The number of halogens is 1. The Morgan fingerprint density at radius 1 is 1.25 bits per heavy atom. The molecule has 2 N–H and O–H groups in total. The molecule has 1 saturated carbocycles. The highest BCUT2D eigenvalue weighted by atomic mass is 79.9. The molecule has 16 heavy (non-hydrogen) atoms. The average Bonchev–Trinajstić information content (AvgIpc) is 2.29. The van der Waals surface area contributed by atoms with E-state index in [0.717, 1.165) is 35.1 Å². The van der Waals surface area contributed by atoms with Crippen molar-refractivity contribution in [2.75, 3.05) is 0 Å². The highest BCUT2D eigenvalue weighted by Crippen LogP contribution is 2.26. The van der Waals surface area contributed by atoms with Gasteiger partial charge in [-0.1, -0.05) is 22.0 Å². The van der Waals surface area contributed by atoms with Gasteiger partial charge in [-0.2, -0.15) is 0 Å². The molecule has 0 aliphatic heterocycles. The molecule has 1 aliphatic carbocycles. The number of nitrogens with two attached hydrogens (primary N) is 1. The highest BCUT2D eigenvalue weighted by Gasteiger charge is 2.24. The third-order valence-electron chi connectivity index (χ3n) is 3.05. The van der Waals surface area contributed by atoms with Gasteiger partial charge in [-0.3, -0.25) is 4.21 Å². The Morgan fingerprint density at radius 3 is 2.56 bits per heavy atom. The van der Waals surface area contributed by atoms with Gasteiger partial charge in [0.1, 0.15) is 0 Å². The normalized spacial score (nSPS) is 27.6. The van der Waals surface area contributed by atoms with Crippen molar-refractivity contribution in [1.82, 2.24) is 0 Å². The van der Waals surface area contributed by atoms with Gasteiger partial charge < -0.3 is 5.73 Å². The lowest BCUT2D eigenvalue weighted by Gasteiger charge is -2.25. The lowest BCUT2D eigenvalue weighted by Crippen LogP contribution is -2.31. The van der Waals surface area contributed by atoms with Gasteiger partial charge >= 0.3 is 0 Å². The third-order valence-corrected chi connectivity index (χ3v) is 5.34. The van der Waals surface area contributed by atoms with E-state index in [2.05, 4.69) is 15.9 Å². The maximum atomic E-state index is 12.3. The van der Waals surface area contributed by atoms with Crippen LogP contribution in [0.25, 0.3) is 0 Å². The Labute approximate surface area is 107 Å². The smallest absolute Gasteiger partial charge is 0.0561 e. The maximum Gasteiger partial charge on any atom is 0.0561 e. The van der Waals surface area contributed by atoms with Crippen LogP contribution in [0.2, 0.25) is 0 Å². The van der Waals surface area contributed by atoms with Crippen molar-refractivity contribution in [2.24, 2.45) is 5.73 Å². The Morgan fingerprint density at radius 2 is 1.94 bits per heavy atom. The van der Waals surface area contributed by atoms with Gasteiger partial charge in [0, 0.05) is 20.7 Å². The minimum Gasteiger partial charge on any atom is -0.328 e. The molecular formula is C12H16BrNOS. The number of benzene rings is 1. The predicted molar refractivity (Wildman–Crippen MR) is 70.8 cm³/mol. The van der Waals surface area contributed by atoms with Gasteiger partial charge in [-0.25, -0.2) is 0 Å². The SMILES string of the molecule is NC1CCC(S(=O)c2cccc(Br)c2)CC1. The summed E-state index contributed by atoms with van der Waals surface area (Å²) in [6.45, 7) is 0. The minimum atomic E-state index is -0.881. The molecule has 2 nitrogen and oxygen atoms in total. The van der Waals surface area contributed by atoms with Gasteiger partial charge in [-0.15, -0.1) is 0 Å². The van der Waals surface area contributed by atoms with Crippen molar-refractivity contribution in [3.8, 4) is 0 Å². The van der Waals surface area contributed by atoms with E-state index in [4.69, 9.17) is 5.73 Å². The zero-order chi connectivity index (χ0) is 11.5. The van der Waals surface area contributed by atoms with Crippen LogP contribution in [-0.2, 0) is 10.8 Å². The van der Waals surface area contributed by atoms with Crippen molar-refractivity contribution >= 4 is 26.7 Å². The van der Waals surface area contributed by atoms with Crippen molar-refractivity contribution in [2.45, 2.75) is 41.9 Å². The van der Waals surface area contributed by atoms with Crippen LogP contribution in [0.3, 0.4) is 0 Å². The first kappa shape index (κ1) is 12.3. The Kier molecular flexibility index (Phi) is 4.16. The topological polar surface area (TPSA) is 43.1 Å². The standard InChI is InChI=1S/C12H16BrNOS/c13-9-2-1-3-12(8-9)16(15)11-6-4-10(14)5-7-11/h1-3,8,10-11H,4-7,14H2. The second kappa shape index (κ2) is 5.43. The molecule has 0 heterocycles. The van der Waals surface area contributed by atoms with Crippen LogP contribution in [0.5, 0.6) is 0 Å². The summed E-state index contributed by atoms with van der Waals surface area (Å²) in [5, 5.41) is 0.286.